The second-order valence-electron chi connectivity index (χ2n) is 17.1. The summed E-state index contributed by atoms with van der Waals surface area (Å²) < 4.78 is 11.0. The van der Waals surface area contributed by atoms with E-state index in [0.29, 0.717) is 31.7 Å². The Labute approximate surface area is 341 Å². The van der Waals surface area contributed by atoms with Crippen molar-refractivity contribution in [3.63, 3.8) is 0 Å². The number of aromatic carboxylic acids is 1. The van der Waals surface area contributed by atoms with Gasteiger partial charge in [0.15, 0.2) is 0 Å². The van der Waals surface area contributed by atoms with Gasteiger partial charge in [-0.1, -0.05) is 11.1 Å². The Morgan fingerprint density at radius 2 is 1.69 bits per heavy atom. The van der Waals surface area contributed by atoms with Gasteiger partial charge in [0.2, 0.25) is 5.36 Å². The largest absolute Gasteiger partial charge is 0.545 e. The second kappa shape index (κ2) is 15.2. The number of hydrogen-bond donors (Lipinski definition) is 2. The van der Waals surface area contributed by atoms with E-state index < -0.39 is 17.0 Å². The van der Waals surface area contributed by atoms with Crippen molar-refractivity contribution in [2.45, 2.75) is 76.9 Å². The predicted octanol–water partition coefficient (Wildman–Crippen LogP) is 2.09. The molecule has 306 valence electrons. The molecule has 0 saturated carbocycles. The summed E-state index contributed by atoms with van der Waals surface area (Å²) in [6.45, 7) is 6.44. The van der Waals surface area contributed by atoms with Crippen molar-refractivity contribution in [3.8, 4) is 11.5 Å². The highest BCUT2D eigenvalue weighted by atomic mass is 16.6. The summed E-state index contributed by atoms with van der Waals surface area (Å²) in [5.74, 6) is -0.0695. The first-order valence-corrected chi connectivity index (χ1v) is 21.3. The number of carbonyl (C=O) groups excluding carboxylic acids is 2. The fourth-order valence-electron chi connectivity index (χ4n) is 10.8. The highest BCUT2D eigenvalue weighted by Crippen LogP contribution is 2.48. The number of aliphatic hydroxyl groups excluding tert-OH is 1. The van der Waals surface area contributed by atoms with E-state index in [-0.39, 0.29) is 35.4 Å². The molecule has 1 aromatic heterocycles. The Kier molecular flexibility index (Phi) is 9.71. The van der Waals surface area contributed by atoms with Crippen molar-refractivity contribution in [2.24, 2.45) is 5.92 Å². The van der Waals surface area contributed by atoms with E-state index in [0.717, 1.165) is 118 Å². The van der Waals surface area contributed by atoms with Gasteiger partial charge in [-0.2, -0.15) is 0 Å². The van der Waals surface area contributed by atoms with Gasteiger partial charge in [0.05, 0.1) is 24.2 Å². The summed E-state index contributed by atoms with van der Waals surface area (Å²) in [5.41, 5.74) is 8.87. The van der Waals surface area contributed by atoms with Crippen LogP contribution in [0.4, 0.5) is 11.6 Å². The molecule has 0 spiro atoms. The Hall–Kier alpha value is -5.60. The van der Waals surface area contributed by atoms with Crippen LogP contribution in [0.1, 0.15) is 92.6 Å². The van der Waals surface area contributed by atoms with Gasteiger partial charge in [0.1, 0.15) is 37.0 Å². The van der Waals surface area contributed by atoms with Gasteiger partial charge in [-0.3, -0.25) is 4.79 Å². The number of piperidine rings is 1. The number of aliphatic hydroxyl groups is 1. The number of amides is 1. The van der Waals surface area contributed by atoms with Crippen molar-refractivity contribution in [3.05, 3.63) is 108 Å². The minimum absolute atomic E-state index is 0.0136. The van der Waals surface area contributed by atoms with Crippen LogP contribution in [0.15, 0.2) is 42.7 Å². The van der Waals surface area contributed by atoms with E-state index in [1.54, 1.807) is 12.1 Å². The average molecular weight is 800 g/mol. The van der Waals surface area contributed by atoms with Crippen LogP contribution in [-0.2, 0) is 32.2 Å². The summed E-state index contributed by atoms with van der Waals surface area (Å²) in [7, 11) is 0. The van der Waals surface area contributed by atoms with E-state index in [2.05, 4.69) is 36.8 Å². The number of carboxylic acid groups (broad SMARTS) is 1. The molecule has 1 unspecified atom stereocenters. The van der Waals surface area contributed by atoms with E-state index in [1.165, 1.54) is 56.3 Å². The number of carboxylic acids is 1. The average Bonchev–Trinajstić information content (AvgIpc) is 3.71. The molecule has 0 radical (unpaired) electrons. The molecule has 1 fully saturated rings. The first-order valence-electron chi connectivity index (χ1n) is 21.3. The minimum Gasteiger partial charge on any atom is -0.545 e. The van der Waals surface area contributed by atoms with Crippen molar-refractivity contribution in [1.29, 1.82) is 0 Å². The Bertz CT molecular complexity index is 2530. The number of nitrogens with one attached hydrogen (secondary N) is 1. The number of rotatable bonds is 10. The number of aryl methyl sites for hydroxylation is 2. The zero-order valence-corrected chi connectivity index (χ0v) is 33.2. The van der Waals surface area contributed by atoms with E-state index in [4.69, 9.17) is 4.74 Å². The third-order valence-corrected chi connectivity index (χ3v) is 13.5. The third kappa shape index (κ3) is 6.75. The quantitative estimate of drug-likeness (QED) is 0.121. The van der Waals surface area contributed by atoms with Crippen molar-refractivity contribution < 1.29 is 29.5 Å². The van der Waals surface area contributed by atoms with Gasteiger partial charge in [-0.25, -0.2) is 9.14 Å². The van der Waals surface area contributed by atoms with E-state index >= 15 is 0 Å². The molecule has 6 aliphatic heterocycles. The summed E-state index contributed by atoms with van der Waals surface area (Å²) in [4.78, 5) is 45.9. The number of nitrogens with zero attached hydrogens (tertiary/aromatic N) is 6. The normalized spacial score (nSPS) is 18.9. The van der Waals surface area contributed by atoms with E-state index in [9.17, 15) is 29.9 Å². The van der Waals surface area contributed by atoms with Crippen LogP contribution in [0.25, 0.3) is 5.57 Å². The molecule has 6 aliphatic rings. The standard InChI is InChI=1S/C45H49N7O7/c53-31(26-51-20-13-46-45(51)52(57)58)25-48-18-11-27(12-19-48)24-47-43(54)30-9-10-32(35(23-30)44(55)56)38-36-21-28-5-1-14-49-16-3-7-33(39(28)49)41(36)59-42-34-8-4-17-50-15-2-6-29(40(34)50)22-37(38)42/h9-10,13,20-23,27,31,53H,1-8,11-12,14-19,24-26H2,(H-,47,54,55,56). The molecule has 10 rings (SSSR count). The van der Waals surface area contributed by atoms with Gasteiger partial charge in [0, 0.05) is 83.3 Å². The lowest BCUT2D eigenvalue weighted by Gasteiger charge is -2.39. The Morgan fingerprint density at radius 1 is 0.932 bits per heavy atom. The van der Waals surface area contributed by atoms with Crippen molar-refractivity contribution >= 4 is 29.1 Å². The smallest absolute Gasteiger partial charge is 0.434 e. The maximum Gasteiger partial charge on any atom is 0.434 e. The van der Waals surface area contributed by atoms with Gasteiger partial charge in [-0.15, -0.1) is 0 Å². The Morgan fingerprint density at radius 3 is 2.49 bits per heavy atom. The summed E-state index contributed by atoms with van der Waals surface area (Å²) in [6.07, 6.45) is 11.6. The number of carbonyl (C=O) groups is 2. The fraction of sp³-hybridized carbons (Fsp3) is 0.467. The number of imidazole rings is 1. The van der Waals surface area contributed by atoms with Crippen LogP contribution < -0.4 is 35.2 Å². The molecule has 4 aromatic rings. The van der Waals surface area contributed by atoms with Gasteiger partial charge >= 0.3 is 5.95 Å². The number of aromatic nitrogens is 2. The summed E-state index contributed by atoms with van der Waals surface area (Å²) >= 11 is 0. The lowest BCUT2D eigenvalue weighted by molar-refractivity contribution is -0.397. The summed E-state index contributed by atoms with van der Waals surface area (Å²) in [5, 5.41) is 40.3. The molecule has 14 heteroatoms. The van der Waals surface area contributed by atoms with Gasteiger partial charge < -0.3 is 45.0 Å². The minimum atomic E-state index is -1.33. The first kappa shape index (κ1) is 37.7. The number of nitro groups is 1. The highest BCUT2D eigenvalue weighted by Gasteiger charge is 2.36. The van der Waals surface area contributed by atoms with Crippen molar-refractivity contribution in [2.75, 3.05) is 57.3 Å². The molecule has 0 bridgehead atoms. The number of ether oxygens (including phenoxy) is 1. The second-order valence-corrected chi connectivity index (χ2v) is 17.1. The summed E-state index contributed by atoms with van der Waals surface area (Å²) in [6, 6.07) is 9.51. The topological polar surface area (TPSA) is 169 Å². The molecular weight excluding hydrogens is 751 g/mol. The molecule has 7 heterocycles. The molecule has 1 amide bonds. The molecule has 14 nitrogen and oxygen atoms in total. The van der Waals surface area contributed by atoms with Crippen LogP contribution in [0.5, 0.6) is 11.5 Å². The predicted molar refractivity (Wildman–Crippen MR) is 217 cm³/mol. The SMILES string of the molecule is O=C(NCC1CCN(CC(O)Cn2ccnc2[N+](=O)[O-])CC1)c1ccc(C2=c3cc4c5c(c3Oc3c2cc2c6c3CCCN6CCC2)CCC[N+]=5CCC4)c(C(=O)[O-])c1. The van der Waals surface area contributed by atoms with Crippen LogP contribution in [0.3, 0.4) is 0 Å². The molecule has 0 aliphatic carbocycles. The monoisotopic (exact) mass is 799 g/mol. The first-order chi connectivity index (χ1) is 28.7. The fourth-order valence-corrected chi connectivity index (χ4v) is 10.8. The highest BCUT2D eigenvalue weighted by molar-refractivity contribution is 6.02. The lowest BCUT2D eigenvalue weighted by atomic mass is 9.81. The van der Waals surface area contributed by atoms with Crippen LogP contribution in [-0.4, -0.2) is 94.8 Å². The van der Waals surface area contributed by atoms with Crippen molar-refractivity contribution in [1.82, 2.24) is 24.3 Å². The van der Waals surface area contributed by atoms with E-state index in [1.807, 2.05) is 0 Å². The zero-order chi connectivity index (χ0) is 40.4. The number of benzene rings is 3. The number of likely N-dealkylation sites (tertiary alicyclic amines) is 1. The third-order valence-electron chi connectivity index (χ3n) is 13.5. The maximum atomic E-state index is 13.7. The van der Waals surface area contributed by atoms with Crippen LogP contribution >= 0.6 is 0 Å². The molecule has 3 aromatic carbocycles. The van der Waals surface area contributed by atoms with Gasteiger partial charge in [-0.05, 0) is 111 Å². The molecule has 59 heavy (non-hydrogen) atoms. The van der Waals surface area contributed by atoms with Crippen LogP contribution in [0.2, 0.25) is 0 Å². The zero-order valence-electron chi connectivity index (χ0n) is 33.2. The lowest BCUT2D eigenvalue weighted by Crippen LogP contribution is -2.45. The van der Waals surface area contributed by atoms with Crippen LogP contribution in [0, 0.1) is 16.0 Å². The number of anilines is 1. The number of β-amino-alcohol motifs (C(OH)–C–C–N with tert-alkyl or cyclic N) is 1. The molecule has 1 atom stereocenters. The molecule has 1 saturated heterocycles. The number of fused-ring (bicyclic) bond motifs is 4. The maximum absolute atomic E-state index is 13.7. The van der Waals surface area contributed by atoms with Gasteiger partial charge in [0.25, 0.3) is 5.91 Å². The molecular formula is C45H49N7O7. The Balaban J connectivity index is 0.934. The number of hydrogen-bond acceptors (Lipinski definition) is 10. The molecule has 2 N–H and O–H groups in total.